The number of aromatic amines is 1. The van der Waals surface area contributed by atoms with Crippen molar-refractivity contribution in [2.45, 2.75) is 23.6 Å². The minimum atomic E-state index is -3.46. The van der Waals surface area contributed by atoms with Crippen molar-refractivity contribution in [1.82, 2.24) is 14.3 Å². The van der Waals surface area contributed by atoms with Crippen LogP contribution in [0.4, 0.5) is 0 Å². The molecule has 2 aromatic rings. The lowest BCUT2D eigenvalue weighted by Gasteiger charge is -2.19. The van der Waals surface area contributed by atoms with E-state index in [1.165, 1.54) is 23.7 Å². The Balaban J connectivity index is 1.77. The fraction of sp³-hybridized carbons (Fsp3) is 0.400. The number of aryl methyl sites for hydroxylation is 1. The van der Waals surface area contributed by atoms with Gasteiger partial charge in [0, 0.05) is 24.1 Å². The lowest BCUT2D eigenvalue weighted by molar-refractivity contribution is 0.426. The first-order valence-electron chi connectivity index (χ1n) is 7.24. The highest BCUT2D eigenvalue weighted by molar-refractivity contribution is 7.99. The summed E-state index contributed by atoms with van der Waals surface area (Å²) < 4.78 is 26.7. The third kappa shape index (κ3) is 3.06. The molecule has 1 fully saturated rings. The molecule has 22 heavy (non-hydrogen) atoms. The van der Waals surface area contributed by atoms with E-state index in [9.17, 15) is 8.42 Å². The van der Waals surface area contributed by atoms with E-state index in [4.69, 9.17) is 0 Å². The van der Waals surface area contributed by atoms with E-state index in [1.54, 1.807) is 4.31 Å². The number of rotatable bonds is 3. The van der Waals surface area contributed by atoms with Gasteiger partial charge in [-0.2, -0.15) is 16.1 Å². The molecule has 1 unspecified atom stereocenters. The molecule has 0 amide bonds. The highest BCUT2D eigenvalue weighted by Crippen LogP contribution is 2.36. The first-order valence-corrected chi connectivity index (χ1v) is 9.73. The van der Waals surface area contributed by atoms with Crippen molar-refractivity contribution in [1.29, 1.82) is 0 Å². The first kappa shape index (κ1) is 15.6. The minimum Gasteiger partial charge on any atom is -0.335 e. The molecule has 2 heterocycles. The summed E-state index contributed by atoms with van der Waals surface area (Å²) in [5.41, 5.74) is 2.58. The number of aromatic nitrogens is 2. The predicted octanol–water partition coefficient (Wildman–Crippen LogP) is 2.59. The molecule has 1 aliphatic heterocycles. The summed E-state index contributed by atoms with van der Waals surface area (Å²) in [5.74, 6) is 0.798. The Morgan fingerprint density at radius 1 is 1.32 bits per heavy atom. The van der Waals surface area contributed by atoms with Gasteiger partial charge in [0.05, 0.1) is 12.5 Å². The first-order chi connectivity index (χ1) is 10.6. The second kappa shape index (κ2) is 6.44. The second-order valence-corrected chi connectivity index (χ2v) is 8.54. The Morgan fingerprint density at radius 2 is 2.14 bits per heavy atom. The maximum atomic E-state index is 12.6. The Bertz CT molecular complexity index is 729. The maximum absolute atomic E-state index is 12.6. The van der Waals surface area contributed by atoms with Gasteiger partial charge in [0.15, 0.2) is 5.03 Å². The lowest BCUT2D eigenvalue weighted by atomic mass is 10.0. The molecule has 7 heteroatoms. The van der Waals surface area contributed by atoms with Crippen molar-refractivity contribution in [3.63, 3.8) is 0 Å². The molecule has 1 aromatic heterocycles. The second-order valence-electron chi connectivity index (χ2n) is 5.32. The van der Waals surface area contributed by atoms with Gasteiger partial charge in [0.2, 0.25) is 0 Å². The molecule has 0 bridgehead atoms. The topological polar surface area (TPSA) is 66.1 Å². The highest BCUT2D eigenvalue weighted by atomic mass is 32.2. The zero-order valence-corrected chi connectivity index (χ0v) is 14.0. The van der Waals surface area contributed by atoms with E-state index in [0.717, 1.165) is 12.2 Å². The molecular formula is C15H19N3O2S2. The molecule has 1 atom stereocenters. The number of H-pyrrole nitrogens is 1. The maximum Gasteiger partial charge on any atom is 0.260 e. The monoisotopic (exact) mass is 337 g/mol. The van der Waals surface area contributed by atoms with Crippen molar-refractivity contribution in [2.75, 3.05) is 18.8 Å². The quantitative estimate of drug-likeness (QED) is 0.935. The van der Waals surface area contributed by atoms with E-state index in [0.29, 0.717) is 18.3 Å². The van der Waals surface area contributed by atoms with Crippen molar-refractivity contribution < 1.29 is 8.42 Å². The Morgan fingerprint density at radius 3 is 2.86 bits per heavy atom. The summed E-state index contributed by atoms with van der Waals surface area (Å²) in [6, 6.07) is 8.34. The van der Waals surface area contributed by atoms with Crippen LogP contribution in [0.1, 0.15) is 22.8 Å². The molecule has 1 aromatic carbocycles. The van der Waals surface area contributed by atoms with Gasteiger partial charge in [-0.15, -0.1) is 0 Å². The fourth-order valence-corrected chi connectivity index (χ4v) is 5.50. The van der Waals surface area contributed by atoms with Crippen LogP contribution in [0, 0.1) is 6.92 Å². The molecule has 1 N–H and O–H groups in total. The number of sulfonamides is 1. The molecule has 0 aliphatic carbocycles. The molecule has 0 radical (unpaired) electrons. The van der Waals surface area contributed by atoms with Gasteiger partial charge >= 0.3 is 0 Å². The molecule has 118 valence electrons. The molecule has 0 spiro atoms. The number of hydrogen-bond acceptors (Lipinski definition) is 4. The van der Waals surface area contributed by atoms with Gasteiger partial charge in [-0.05, 0) is 24.5 Å². The van der Waals surface area contributed by atoms with Gasteiger partial charge in [-0.25, -0.2) is 13.4 Å². The molecule has 1 aliphatic rings. The van der Waals surface area contributed by atoms with Crippen LogP contribution in [0.2, 0.25) is 0 Å². The number of nitrogens with zero attached hydrogens (tertiary/aromatic N) is 2. The normalized spacial score (nSPS) is 20.7. The lowest BCUT2D eigenvalue weighted by Crippen LogP contribution is -2.33. The average molecular weight is 337 g/mol. The van der Waals surface area contributed by atoms with Gasteiger partial charge < -0.3 is 4.98 Å². The van der Waals surface area contributed by atoms with Crippen LogP contribution in [0.15, 0.2) is 41.8 Å². The van der Waals surface area contributed by atoms with E-state index < -0.39 is 10.0 Å². The van der Waals surface area contributed by atoms with Gasteiger partial charge in [0.25, 0.3) is 10.0 Å². The number of nitrogens with one attached hydrogen (secondary N) is 1. The van der Waals surface area contributed by atoms with Crippen LogP contribution < -0.4 is 0 Å². The molecule has 0 saturated carbocycles. The largest absolute Gasteiger partial charge is 0.335 e. The Labute approximate surface area is 135 Å². The third-order valence-electron chi connectivity index (χ3n) is 3.93. The van der Waals surface area contributed by atoms with Crippen molar-refractivity contribution in [3.8, 4) is 0 Å². The summed E-state index contributed by atoms with van der Waals surface area (Å²) in [4.78, 5) is 6.51. The summed E-state index contributed by atoms with van der Waals surface area (Å²) in [7, 11) is -3.46. The van der Waals surface area contributed by atoms with E-state index in [1.807, 2.05) is 23.9 Å². The van der Waals surface area contributed by atoms with Crippen LogP contribution in [0.3, 0.4) is 0 Å². The summed E-state index contributed by atoms with van der Waals surface area (Å²) in [6.07, 6.45) is 3.59. The standard InChI is InChI=1S/C15H19N3O2S2/c1-12-4-2-3-5-13(12)14-6-7-18(8-9-21-14)22(19,20)15-10-16-11-17-15/h2-5,10-11,14H,6-9H2,1H3,(H,16,17). The molecular weight excluding hydrogens is 318 g/mol. The van der Waals surface area contributed by atoms with E-state index >= 15 is 0 Å². The predicted molar refractivity (Wildman–Crippen MR) is 88.3 cm³/mol. The fourth-order valence-electron chi connectivity index (χ4n) is 2.71. The van der Waals surface area contributed by atoms with Crippen molar-refractivity contribution >= 4 is 21.8 Å². The molecule has 3 rings (SSSR count). The van der Waals surface area contributed by atoms with Gasteiger partial charge in [-0.1, -0.05) is 24.3 Å². The number of benzene rings is 1. The number of thioether (sulfide) groups is 1. The van der Waals surface area contributed by atoms with Crippen molar-refractivity contribution in [3.05, 3.63) is 47.9 Å². The van der Waals surface area contributed by atoms with Crippen LogP contribution in [0.5, 0.6) is 0 Å². The van der Waals surface area contributed by atoms with Crippen molar-refractivity contribution in [2.24, 2.45) is 0 Å². The SMILES string of the molecule is Cc1ccccc1C1CCN(S(=O)(=O)c2cnc[nH]2)CCS1. The zero-order chi connectivity index (χ0) is 15.6. The smallest absolute Gasteiger partial charge is 0.260 e. The van der Waals surface area contributed by atoms with E-state index in [2.05, 4.69) is 29.0 Å². The van der Waals surface area contributed by atoms with Crippen LogP contribution >= 0.6 is 11.8 Å². The minimum absolute atomic E-state index is 0.173. The number of imidazole rings is 1. The summed E-state index contributed by atoms with van der Waals surface area (Å²) in [6.45, 7) is 3.18. The van der Waals surface area contributed by atoms with Gasteiger partial charge in [0.1, 0.15) is 0 Å². The summed E-state index contributed by atoms with van der Waals surface area (Å²) >= 11 is 1.84. The number of hydrogen-bond donors (Lipinski definition) is 1. The van der Waals surface area contributed by atoms with Crippen LogP contribution in [-0.4, -0.2) is 41.5 Å². The van der Waals surface area contributed by atoms with Crippen LogP contribution in [0.25, 0.3) is 0 Å². The highest BCUT2D eigenvalue weighted by Gasteiger charge is 2.29. The summed E-state index contributed by atoms with van der Waals surface area (Å²) in [5, 5.41) is 0.523. The third-order valence-corrected chi connectivity index (χ3v) is 7.06. The van der Waals surface area contributed by atoms with Crippen LogP contribution in [-0.2, 0) is 10.0 Å². The Hall–Kier alpha value is -1.31. The zero-order valence-electron chi connectivity index (χ0n) is 12.4. The molecule has 5 nitrogen and oxygen atoms in total. The average Bonchev–Trinajstić information content (AvgIpc) is 2.94. The van der Waals surface area contributed by atoms with Gasteiger partial charge in [-0.3, -0.25) is 0 Å². The Kier molecular flexibility index (Phi) is 4.56. The molecule has 1 saturated heterocycles. The van der Waals surface area contributed by atoms with E-state index in [-0.39, 0.29) is 5.03 Å².